The van der Waals surface area contributed by atoms with Gasteiger partial charge in [-0.3, -0.25) is 9.59 Å². The highest BCUT2D eigenvalue weighted by atomic mass is 16.5. The molecular weight excluding hydrogens is 472 g/mol. The molecule has 5 rings (SSSR count). The summed E-state index contributed by atoms with van der Waals surface area (Å²) < 4.78 is 9.01. The number of benzene rings is 1. The van der Waals surface area contributed by atoms with E-state index in [-0.39, 0.29) is 12.1 Å². The van der Waals surface area contributed by atoms with Gasteiger partial charge in [-0.1, -0.05) is 18.2 Å². The largest absolute Gasteiger partial charge is 0.380 e. The molecule has 1 aliphatic rings. The summed E-state index contributed by atoms with van der Waals surface area (Å²) in [7, 11) is 1.33. The number of imidazole rings is 1. The van der Waals surface area contributed by atoms with E-state index in [1.165, 1.54) is 7.11 Å². The van der Waals surface area contributed by atoms with Gasteiger partial charge >= 0.3 is 0 Å². The van der Waals surface area contributed by atoms with Crippen molar-refractivity contribution in [2.24, 2.45) is 0 Å². The molecular formula is C27H30N6O4. The molecule has 4 heterocycles. The maximum Gasteiger partial charge on any atom is 0.255 e. The Morgan fingerprint density at radius 2 is 1.95 bits per heavy atom. The zero-order valence-electron chi connectivity index (χ0n) is 20.8. The van der Waals surface area contributed by atoms with E-state index in [1.54, 1.807) is 15.8 Å². The molecule has 1 aliphatic heterocycles. The van der Waals surface area contributed by atoms with Crippen molar-refractivity contribution in [3.8, 4) is 5.69 Å². The van der Waals surface area contributed by atoms with Crippen LogP contribution in [0, 0.1) is 0 Å². The monoisotopic (exact) mass is 502 g/mol. The Bertz CT molecular complexity index is 1330. The first-order valence-electron chi connectivity index (χ1n) is 12.3. The highest BCUT2D eigenvalue weighted by molar-refractivity contribution is 5.91. The predicted molar refractivity (Wildman–Crippen MR) is 136 cm³/mol. The van der Waals surface area contributed by atoms with Gasteiger partial charge in [-0.25, -0.2) is 9.67 Å². The molecule has 1 aromatic carbocycles. The Balaban J connectivity index is 1.25. The van der Waals surface area contributed by atoms with Crippen molar-refractivity contribution in [2.75, 3.05) is 13.7 Å². The highest BCUT2D eigenvalue weighted by Crippen LogP contribution is 2.32. The van der Waals surface area contributed by atoms with Crippen molar-refractivity contribution >= 4 is 17.5 Å². The predicted octanol–water partition coefficient (Wildman–Crippen LogP) is 2.44. The molecule has 0 radical (unpaired) electrons. The van der Waals surface area contributed by atoms with E-state index in [2.05, 4.69) is 15.4 Å². The Kier molecular flexibility index (Phi) is 7.02. The van der Waals surface area contributed by atoms with Crippen LogP contribution in [0.3, 0.4) is 0 Å². The third kappa shape index (κ3) is 4.98. The first-order valence-corrected chi connectivity index (χ1v) is 12.3. The number of aromatic nitrogens is 4. The van der Waals surface area contributed by atoms with Gasteiger partial charge in [0.15, 0.2) is 12.2 Å². The molecule has 10 nitrogen and oxygen atoms in total. The lowest BCUT2D eigenvalue weighted by atomic mass is 10.1. The second-order valence-electron chi connectivity index (χ2n) is 9.20. The van der Waals surface area contributed by atoms with Crippen LogP contribution in [0.5, 0.6) is 0 Å². The van der Waals surface area contributed by atoms with Crippen molar-refractivity contribution in [1.82, 2.24) is 29.4 Å². The summed E-state index contributed by atoms with van der Waals surface area (Å²) in [4.78, 5) is 32.7. The molecule has 2 N–H and O–H groups in total. The van der Waals surface area contributed by atoms with Gasteiger partial charge in [0.25, 0.3) is 11.8 Å². The number of nitrogens with zero attached hydrogens (tertiary/aromatic N) is 5. The lowest BCUT2D eigenvalue weighted by Gasteiger charge is -2.29. The molecule has 10 heteroatoms. The summed E-state index contributed by atoms with van der Waals surface area (Å²) in [6, 6.07) is 14.5. The van der Waals surface area contributed by atoms with Crippen LogP contribution in [-0.2, 0) is 14.3 Å². The van der Waals surface area contributed by atoms with Gasteiger partial charge < -0.3 is 24.5 Å². The van der Waals surface area contributed by atoms with E-state index < -0.39 is 24.0 Å². The average molecular weight is 503 g/mol. The van der Waals surface area contributed by atoms with Crippen molar-refractivity contribution in [2.45, 2.75) is 44.1 Å². The second kappa shape index (κ2) is 10.5. The van der Waals surface area contributed by atoms with E-state index in [9.17, 15) is 14.7 Å². The molecule has 0 aliphatic carbocycles. The van der Waals surface area contributed by atoms with E-state index in [0.29, 0.717) is 6.54 Å². The van der Waals surface area contributed by atoms with Gasteiger partial charge in [0, 0.05) is 38.4 Å². The smallest absolute Gasteiger partial charge is 0.255 e. The van der Waals surface area contributed by atoms with E-state index >= 15 is 0 Å². The molecule has 2 amide bonds. The number of pyridine rings is 1. The summed E-state index contributed by atoms with van der Waals surface area (Å²) in [5, 5.41) is 17.8. The standard InChI is InChI=1S/C27H30N6O4/c1-18(19-9-11-20(12-10-19)33-16-6-13-28-33)29-26(35)24(34)25(37-2)27(36)32-15-5-7-22(32)21-17-31-14-4-3-8-23(31)30-21/h3-4,6,8-14,16-18,22,24-25,34H,5,7,15H2,1-2H3,(H,29,35)/t18-,22-,24-,25-/m1/s1. The molecule has 37 heavy (non-hydrogen) atoms. The molecule has 0 bridgehead atoms. The van der Waals surface area contributed by atoms with Crippen LogP contribution >= 0.6 is 0 Å². The molecule has 1 fully saturated rings. The lowest BCUT2D eigenvalue weighted by Crippen LogP contribution is -2.51. The fraction of sp³-hybridized carbons (Fsp3) is 0.333. The zero-order valence-corrected chi connectivity index (χ0v) is 20.8. The minimum absolute atomic E-state index is 0.243. The van der Waals surface area contributed by atoms with Gasteiger partial charge in [0.2, 0.25) is 0 Å². The molecule has 192 valence electrons. The number of amides is 2. The molecule has 0 spiro atoms. The van der Waals surface area contributed by atoms with Gasteiger partial charge in [-0.15, -0.1) is 0 Å². The summed E-state index contributed by atoms with van der Waals surface area (Å²) in [6.07, 6.45) is 5.93. The fourth-order valence-electron chi connectivity index (χ4n) is 4.84. The average Bonchev–Trinajstić information content (AvgIpc) is 3.69. The number of carbonyl (C=O) groups is 2. The Morgan fingerprint density at radius 3 is 2.65 bits per heavy atom. The maximum atomic E-state index is 13.4. The van der Waals surface area contributed by atoms with Crippen LogP contribution in [0.25, 0.3) is 11.3 Å². The van der Waals surface area contributed by atoms with Gasteiger partial charge in [0.1, 0.15) is 5.65 Å². The molecule has 4 atom stereocenters. The Morgan fingerprint density at radius 1 is 1.14 bits per heavy atom. The fourth-order valence-corrected chi connectivity index (χ4v) is 4.84. The summed E-state index contributed by atoms with van der Waals surface area (Å²) >= 11 is 0. The van der Waals surface area contributed by atoms with Crippen molar-refractivity contribution in [3.63, 3.8) is 0 Å². The number of nitrogens with one attached hydrogen (secondary N) is 1. The van der Waals surface area contributed by atoms with Crippen molar-refractivity contribution in [3.05, 3.63) is 84.6 Å². The normalized spacial score (nSPS) is 18.0. The SMILES string of the molecule is CO[C@@H](C(=O)N1CCC[C@@H]1c1cn2ccccc2n1)[C@@H](O)C(=O)N[C@H](C)c1ccc(-n2cccn2)cc1. The number of aliphatic hydroxyl groups is 1. The number of rotatable bonds is 8. The summed E-state index contributed by atoms with van der Waals surface area (Å²) in [6.45, 7) is 2.32. The minimum atomic E-state index is -1.66. The van der Waals surface area contributed by atoms with Crippen LogP contribution in [0.4, 0.5) is 0 Å². The molecule has 4 aromatic rings. The van der Waals surface area contributed by atoms with Crippen LogP contribution in [0.15, 0.2) is 73.3 Å². The molecule has 0 saturated carbocycles. The van der Waals surface area contributed by atoms with Crippen LogP contribution in [-0.4, -0.2) is 66.8 Å². The Labute approximate surface area is 214 Å². The van der Waals surface area contributed by atoms with Gasteiger partial charge in [-0.2, -0.15) is 5.10 Å². The molecule has 0 unspecified atom stereocenters. The van der Waals surface area contributed by atoms with Crippen LogP contribution in [0.2, 0.25) is 0 Å². The van der Waals surface area contributed by atoms with Crippen LogP contribution in [0.1, 0.15) is 43.1 Å². The second-order valence-corrected chi connectivity index (χ2v) is 9.20. The highest BCUT2D eigenvalue weighted by Gasteiger charge is 2.40. The van der Waals surface area contributed by atoms with Crippen molar-refractivity contribution < 1.29 is 19.4 Å². The minimum Gasteiger partial charge on any atom is -0.380 e. The number of fused-ring (bicyclic) bond motifs is 1. The number of ether oxygens (including phenoxy) is 1. The van der Waals surface area contributed by atoms with Gasteiger partial charge in [-0.05, 0) is 55.7 Å². The van der Waals surface area contributed by atoms with Gasteiger partial charge in [0.05, 0.1) is 23.5 Å². The number of likely N-dealkylation sites (tertiary alicyclic amines) is 1. The zero-order chi connectivity index (χ0) is 25.9. The summed E-state index contributed by atoms with van der Waals surface area (Å²) in [5.74, 6) is -1.10. The Hall–Kier alpha value is -4.02. The van der Waals surface area contributed by atoms with E-state index in [4.69, 9.17) is 4.74 Å². The number of methoxy groups -OCH3 is 1. The quantitative estimate of drug-likeness (QED) is 0.383. The number of hydrogen-bond acceptors (Lipinski definition) is 6. The van der Waals surface area contributed by atoms with Crippen LogP contribution < -0.4 is 5.32 Å². The molecule has 1 saturated heterocycles. The third-order valence-electron chi connectivity index (χ3n) is 6.83. The van der Waals surface area contributed by atoms with E-state index in [0.717, 1.165) is 35.4 Å². The number of hydrogen-bond donors (Lipinski definition) is 2. The van der Waals surface area contributed by atoms with Crippen molar-refractivity contribution in [1.29, 1.82) is 0 Å². The number of carbonyl (C=O) groups excluding carboxylic acids is 2. The summed E-state index contributed by atoms with van der Waals surface area (Å²) in [5.41, 5.74) is 3.32. The molecule has 3 aromatic heterocycles. The first kappa shape index (κ1) is 24.7. The third-order valence-corrected chi connectivity index (χ3v) is 6.83. The first-order chi connectivity index (χ1) is 18.0. The lowest BCUT2D eigenvalue weighted by molar-refractivity contribution is -0.156. The number of aliphatic hydroxyl groups excluding tert-OH is 1. The maximum absolute atomic E-state index is 13.4. The topological polar surface area (TPSA) is 114 Å². The van der Waals surface area contributed by atoms with E-state index in [1.807, 2.05) is 78.4 Å².